The molecule has 14 heavy (non-hydrogen) atoms. The van der Waals surface area contributed by atoms with E-state index in [1.54, 1.807) is 24.3 Å². The summed E-state index contributed by atoms with van der Waals surface area (Å²) >= 11 is 0. The Labute approximate surface area is 79.8 Å². The first-order valence-electron chi connectivity index (χ1n) is 4.26. The summed E-state index contributed by atoms with van der Waals surface area (Å²) in [6, 6.07) is 6.86. The van der Waals surface area contributed by atoms with Gasteiger partial charge in [0.1, 0.15) is 6.10 Å². The molecule has 0 fully saturated rings. The van der Waals surface area contributed by atoms with Crippen molar-refractivity contribution in [2.45, 2.75) is 13.0 Å². The van der Waals surface area contributed by atoms with E-state index in [2.05, 4.69) is 4.98 Å². The van der Waals surface area contributed by atoms with Crippen molar-refractivity contribution in [1.29, 1.82) is 0 Å². The molecule has 72 valence electrons. The lowest BCUT2D eigenvalue weighted by Gasteiger charge is -2.02. The third kappa shape index (κ3) is 1.40. The van der Waals surface area contributed by atoms with Gasteiger partial charge >= 0.3 is 5.63 Å². The Kier molecular flexibility index (Phi) is 2.05. The number of aromatic nitrogens is 1. The average molecular weight is 191 g/mol. The van der Waals surface area contributed by atoms with Crippen LogP contribution in [0.4, 0.5) is 0 Å². The van der Waals surface area contributed by atoms with E-state index in [4.69, 9.17) is 4.42 Å². The van der Waals surface area contributed by atoms with Crippen LogP contribution >= 0.6 is 0 Å². The largest absolute Gasteiger partial charge is 0.405 e. The van der Waals surface area contributed by atoms with Crippen LogP contribution < -0.4 is 5.63 Å². The number of rotatable bonds is 1. The van der Waals surface area contributed by atoms with Gasteiger partial charge in [-0.15, -0.1) is 0 Å². The van der Waals surface area contributed by atoms with Crippen molar-refractivity contribution in [3.63, 3.8) is 0 Å². The molecule has 0 radical (unpaired) electrons. The Morgan fingerprint density at radius 3 is 2.86 bits per heavy atom. The summed E-state index contributed by atoms with van der Waals surface area (Å²) in [4.78, 5) is 15.4. The fraction of sp³-hybridized carbons (Fsp3) is 0.200. The molecule has 2 aromatic rings. The molecule has 2 rings (SSSR count). The predicted molar refractivity (Wildman–Crippen MR) is 50.9 cm³/mol. The third-order valence-corrected chi connectivity index (χ3v) is 1.91. The number of hydrogen-bond acceptors (Lipinski definition) is 4. The molecule has 1 aromatic carbocycles. The van der Waals surface area contributed by atoms with Crippen LogP contribution in [0.25, 0.3) is 10.9 Å². The highest BCUT2D eigenvalue weighted by Crippen LogP contribution is 2.11. The first-order chi connectivity index (χ1) is 6.68. The van der Waals surface area contributed by atoms with Gasteiger partial charge in [-0.05, 0) is 19.1 Å². The van der Waals surface area contributed by atoms with Crippen molar-refractivity contribution in [3.8, 4) is 0 Å². The average Bonchev–Trinajstić information content (AvgIpc) is 2.17. The molecular weight excluding hydrogens is 182 g/mol. The zero-order valence-electron chi connectivity index (χ0n) is 7.60. The van der Waals surface area contributed by atoms with Crippen molar-refractivity contribution < 1.29 is 9.52 Å². The Morgan fingerprint density at radius 1 is 1.43 bits per heavy atom. The van der Waals surface area contributed by atoms with E-state index >= 15 is 0 Å². The Balaban J connectivity index is 2.79. The lowest BCUT2D eigenvalue weighted by Crippen LogP contribution is -2.06. The number of fused-ring (bicyclic) bond motifs is 1. The zero-order valence-corrected chi connectivity index (χ0v) is 7.60. The summed E-state index contributed by atoms with van der Waals surface area (Å²) in [5, 5.41) is 9.64. The fourth-order valence-corrected chi connectivity index (χ4v) is 1.21. The molecule has 0 unspecified atom stereocenters. The van der Waals surface area contributed by atoms with E-state index in [1.165, 1.54) is 6.92 Å². The van der Waals surface area contributed by atoms with E-state index < -0.39 is 11.7 Å². The second-order valence-electron chi connectivity index (χ2n) is 3.03. The molecule has 1 heterocycles. The first kappa shape index (κ1) is 8.90. The second-order valence-corrected chi connectivity index (χ2v) is 3.03. The molecule has 1 atom stereocenters. The molecule has 0 saturated heterocycles. The van der Waals surface area contributed by atoms with Gasteiger partial charge in [0, 0.05) is 0 Å². The topological polar surface area (TPSA) is 63.3 Å². The molecule has 0 aliphatic heterocycles. The molecule has 0 aliphatic carbocycles. The Bertz CT molecular complexity index is 516. The number of aliphatic hydroxyl groups excluding tert-OH is 1. The van der Waals surface area contributed by atoms with Gasteiger partial charge in [-0.3, -0.25) is 0 Å². The third-order valence-electron chi connectivity index (χ3n) is 1.91. The minimum Gasteiger partial charge on any atom is -0.405 e. The van der Waals surface area contributed by atoms with Crippen molar-refractivity contribution in [2.75, 3.05) is 0 Å². The number of benzene rings is 1. The van der Waals surface area contributed by atoms with Crippen molar-refractivity contribution in [1.82, 2.24) is 4.98 Å². The maximum absolute atomic E-state index is 11.4. The fourth-order valence-electron chi connectivity index (χ4n) is 1.21. The zero-order chi connectivity index (χ0) is 10.1. The summed E-state index contributed by atoms with van der Waals surface area (Å²) in [7, 11) is 0. The van der Waals surface area contributed by atoms with E-state index in [0.29, 0.717) is 10.9 Å². The van der Waals surface area contributed by atoms with E-state index in [0.717, 1.165) is 0 Å². The SMILES string of the molecule is C[C@H](O)c1nc2ccccc2c(=O)o1. The summed E-state index contributed by atoms with van der Waals surface area (Å²) in [5.74, 6) is 0.0497. The maximum atomic E-state index is 11.4. The number of para-hydroxylation sites is 1. The summed E-state index contributed by atoms with van der Waals surface area (Å²) in [6.07, 6.45) is -0.868. The van der Waals surface area contributed by atoms with Crippen molar-refractivity contribution >= 4 is 10.9 Å². The molecule has 4 heteroatoms. The van der Waals surface area contributed by atoms with Crippen LogP contribution in [0, 0.1) is 0 Å². The van der Waals surface area contributed by atoms with Crippen LogP contribution in [0.5, 0.6) is 0 Å². The van der Waals surface area contributed by atoms with Crippen LogP contribution in [0.1, 0.15) is 18.9 Å². The van der Waals surface area contributed by atoms with Crippen LogP contribution in [0.3, 0.4) is 0 Å². The monoisotopic (exact) mass is 191 g/mol. The van der Waals surface area contributed by atoms with E-state index in [-0.39, 0.29) is 5.89 Å². The number of aliphatic hydroxyl groups is 1. The smallest absolute Gasteiger partial charge is 0.346 e. The van der Waals surface area contributed by atoms with Crippen LogP contribution in [-0.2, 0) is 0 Å². The standard InChI is InChI=1S/C10H9NO3/c1-6(12)9-11-8-5-3-2-4-7(8)10(13)14-9/h2-6,12H,1H3/t6-/m0/s1. The number of nitrogens with zero attached hydrogens (tertiary/aromatic N) is 1. The molecule has 4 nitrogen and oxygen atoms in total. The highest BCUT2D eigenvalue weighted by atomic mass is 16.4. The molecular formula is C10H9NO3. The van der Waals surface area contributed by atoms with Crippen molar-refractivity contribution in [2.24, 2.45) is 0 Å². The lowest BCUT2D eigenvalue weighted by atomic mass is 10.2. The molecule has 0 aliphatic rings. The minimum absolute atomic E-state index is 0.0497. The van der Waals surface area contributed by atoms with Gasteiger partial charge in [0.05, 0.1) is 10.9 Å². The quantitative estimate of drug-likeness (QED) is 0.736. The summed E-state index contributed by atoms with van der Waals surface area (Å²) in [6.45, 7) is 1.50. The molecule has 0 amide bonds. The Morgan fingerprint density at radius 2 is 2.14 bits per heavy atom. The number of hydrogen-bond donors (Lipinski definition) is 1. The normalized spacial score (nSPS) is 13.0. The van der Waals surface area contributed by atoms with Crippen LogP contribution in [0.15, 0.2) is 33.5 Å². The summed E-state index contributed by atoms with van der Waals surface area (Å²) < 4.78 is 4.84. The molecule has 0 bridgehead atoms. The van der Waals surface area contributed by atoms with Gasteiger partial charge in [0.15, 0.2) is 0 Å². The highest BCUT2D eigenvalue weighted by molar-refractivity contribution is 5.76. The molecule has 0 saturated carbocycles. The van der Waals surface area contributed by atoms with E-state index in [9.17, 15) is 9.90 Å². The van der Waals surface area contributed by atoms with Gasteiger partial charge in [-0.1, -0.05) is 12.1 Å². The lowest BCUT2D eigenvalue weighted by molar-refractivity contribution is 0.157. The predicted octanol–water partition coefficient (Wildman–Crippen LogP) is 1.24. The summed E-state index contributed by atoms with van der Waals surface area (Å²) in [5.41, 5.74) is 0.0751. The van der Waals surface area contributed by atoms with Crippen LogP contribution in [0.2, 0.25) is 0 Å². The second kappa shape index (κ2) is 3.23. The molecule has 1 N–H and O–H groups in total. The molecule has 0 spiro atoms. The van der Waals surface area contributed by atoms with E-state index in [1.807, 2.05) is 0 Å². The highest BCUT2D eigenvalue weighted by Gasteiger charge is 2.09. The van der Waals surface area contributed by atoms with Gasteiger partial charge in [0.25, 0.3) is 0 Å². The first-order valence-corrected chi connectivity index (χ1v) is 4.26. The Hall–Kier alpha value is -1.68. The maximum Gasteiger partial charge on any atom is 0.346 e. The van der Waals surface area contributed by atoms with Crippen LogP contribution in [-0.4, -0.2) is 10.1 Å². The van der Waals surface area contributed by atoms with Gasteiger partial charge in [0.2, 0.25) is 5.89 Å². The van der Waals surface area contributed by atoms with Crippen molar-refractivity contribution in [3.05, 3.63) is 40.6 Å². The van der Waals surface area contributed by atoms with Gasteiger partial charge in [-0.2, -0.15) is 0 Å². The molecule has 1 aromatic heterocycles. The van der Waals surface area contributed by atoms with Gasteiger partial charge in [-0.25, -0.2) is 9.78 Å². The van der Waals surface area contributed by atoms with Gasteiger partial charge < -0.3 is 9.52 Å². The minimum atomic E-state index is -0.868.